The topological polar surface area (TPSA) is 88.2 Å². The number of nitrogens with one attached hydrogen (secondary N) is 2. The molecule has 0 aromatic heterocycles. The van der Waals surface area contributed by atoms with Crippen molar-refractivity contribution in [1.82, 2.24) is 14.5 Å². The van der Waals surface area contributed by atoms with Crippen molar-refractivity contribution >= 4 is 46.0 Å². The number of piperazine rings is 1. The Morgan fingerprint density at radius 2 is 1.79 bits per heavy atom. The maximum absolute atomic E-state index is 12.6. The Bertz CT molecular complexity index is 1170. The van der Waals surface area contributed by atoms with E-state index in [1.165, 1.54) is 11.9 Å². The van der Waals surface area contributed by atoms with Crippen molar-refractivity contribution in [3.63, 3.8) is 0 Å². The van der Waals surface area contributed by atoms with Crippen LogP contribution in [0.1, 0.15) is 25.7 Å². The van der Waals surface area contributed by atoms with E-state index in [0.29, 0.717) is 19.0 Å². The molecule has 8 nitrogen and oxygen atoms in total. The first-order valence-electron chi connectivity index (χ1n) is 12.0. The number of hydrogen-bond donors (Lipinski definition) is 3. The van der Waals surface area contributed by atoms with E-state index < -0.39 is 5.72 Å². The van der Waals surface area contributed by atoms with Gasteiger partial charge in [0.05, 0.1) is 5.41 Å². The fourth-order valence-electron chi connectivity index (χ4n) is 4.85. The lowest BCUT2D eigenvalue weighted by Crippen LogP contribution is -2.51. The number of amides is 3. The molecule has 3 saturated carbocycles. The highest BCUT2D eigenvalue weighted by molar-refractivity contribution is 7.97. The summed E-state index contributed by atoms with van der Waals surface area (Å²) in [6.07, 6.45) is 3.60. The first-order chi connectivity index (χ1) is 16.3. The van der Waals surface area contributed by atoms with Gasteiger partial charge in [-0.1, -0.05) is 6.07 Å². The largest absolute Gasteiger partial charge is 0.375 e. The Morgan fingerprint density at radius 1 is 1.09 bits per heavy atom. The van der Waals surface area contributed by atoms with Crippen LogP contribution in [-0.4, -0.2) is 72.8 Å². The van der Waals surface area contributed by atoms with E-state index >= 15 is 0 Å². The Hall–Kier alpha value is -2.49. The van der Waals surface area contributed by atoms with Crippen molar-refractivity contribution in [3.05, 3.63) is 30.3 Å². The van der Waals surface area contributed by atoms with Gasteiger partial charge in [0.1, 0.15) is 5.72 Å². The van der Waals surface area contributed by atoms with E-state index in [4.69, 9.17) is 0 Å². The van der Waals surface area contributed by atoms with Gasteiger partial charge in [0.15, 0.2) is 0 Å². The third-order valence-electron chi connectivity index (χ3n) is 7.65. The zero-order chi connectivity index (χ0) is 23.7. The lowest BCUT2D eigenvalue weighted by molar-refractivity contribution is -0.119. The number of aliphatic hydroxyl groups is 1. The smallest absolute Gasteiger partial charge is 0.319 e. The highest BCUT2D eigenvalue weighted by atomic mass is 32.2. The zero-order valence-corrected chi connectivity index (χ0v) is 20.5. The molecular weight excluding hydrogens is 450 g/mol. The summed E-state index contributed by atoms with van der Waals surface area (Å²) in [4.78, 5) is 31.8. The third-order valence-corrected chi connectivity index (χ3v) is 8.61. The minimum atomic E-state index is -0.766. The maximum Gasteiger partial charge on any atom is 0.319 e. The van der Waals surface area contributed by atoms with Crippen LogP contribution in [0.25, 0.3) is 10.8 Å². The summed E-state index contributed by atoms with van der Waals surface area (Å²) in [5, 5.41) is 15.5. The fraction of sp³-hybridized carbons (Fsp3) is 0.520. The van der Waals surface area contributed by atoms with Gasteiger partial charge in [-0.25, -0.2) is 9.52 Å². The number of nitrogens with zero attached hydrogens (tertiary/aromatic N) is 3. The summed E-state index contributed by atoms with van der Waals surface area (Å²) in [5.74, 6) is 0.766. The SMILES string of the molecule is CN(C)C(=O)N1CCN(c2cc(SNC3(O)CC3)cc3cc(NC(=O)C45CC4C5)ccc23)CC1. The van der Waals surface area contributed by atoms with Crippen LogP contribution in [0, 0.1) is 11.3 Å². The van der Waals surface area contributed by atoms with E-state index in [2.05, 4.69) is 39.2 Å². The van der Waals surface area contributed by atoms with Gasteiger partial charge in [-0.15, -0.1) is 0 Å². The van der Waals surface area contributed by atoms with Gasteiger partial charge in [0.2, 0.25) is 5.91 Å². The molecule has 9 heteroatoms. The number of urea groups is 1. The maximum atomic E-state index is 12.6. The molecule has 0 spiro atoms. The molecule has 0 radical (unpaired) electrons. The molecule has 4 fully saturated rings. The Morgan fingerprint density at radius 3 is 2.41 bits per heavy atom. The lowest BCUT2D eigenvalue weighted by atomic mass is 10.1. The fourth-order valence-corrected chi connectivity index (χ4v) is 5.71. The van der Waals surface area contributed by atoms with Crippen molar-refractivity contribution in [2.24, 2.45) is 11.3 Å². The van der Waals surface area contributed by atoms with Crippen LogP contribution in [0.2, 0.25) is 0 Å². The second-order valence-corrected chi connectivity index (χ2v) is 11.4. The van der Waals surface area contributed by atoms with Crippen LogP contribution < -0.4 is 14.9 Å². The Balaban J connectivity index is 1.27. The van der Waals surface area contributed by atoms with Gasteiger partial charge in [-0.3, -0.25) is 4.79 Å². The van der Waals surface area contributed by atoms with E-state index in [1.54, 1.807) is 19.0 Å². The normalized spacial score (nSPS) is 26.1. The number of fused-ring (bicyclic) bond motifs is 2. The first-order valence-corrected chi connectivity index (χ1v) is 12.8. The van der Waals surface area contributed by atoms with E-state index in [0.717, 1.165) is 65.8 Å². The molecule has 3 aliphatic carbocycles. The summed E-state index contributed by atoms with van der Waals surface area (Å²) in [7, 11) is 3.57. The van der Waals surface area contributed by atoms with Gasteiger partial charge in [-0.05, 0) is 73.2 Å². The third kappa shape index (κ3) is 3.99. The number of carbonyl (C=O) groups excluding carboxylic acids is 2. The second kappa shape index (κ2) is 7.76. The number of benzene rings is 2. The standard InChI is InChI=1S/C25H31N5O3S/c1-28(2)23(32)30-9-7-29(8-10-30)21-13-19(34-27-25(33)5-6-25)12-16-11-18(3-4-20(16)21)26-22(31)24-14-17(24)15-24/h3-4,11-13,17,27,33H,5-10,14-15H2,1-2H3,(H,26,31). The van der Waals surface area contributed by atoms with Gasteiger partial charge in [0, 0.05) is 61.9 Å². The molecule has 1 saturated heterocycles. The molecule has 34 heavy (non-hydrogen) atoms. The molecule has 2 aromatic carbocycles. The van der Waals surface area contributed by atoms with Gasteiger partial charge < -0.3 is 25.1 Å². The number of anilines is 2. The van der Waals surface area contributed by atoms with Gasteiger partial charge in [-0.2, -0.15) is 0 Å². The average Bonchev–Trinajstić information content (AvgIpc) is 3.73. The van der Waals surface area contributed by atoms with E-state index in [9.17, 15) is 14.7 Å². The van der Waals surface area contributed by atoms with Gasteiger partial charge >= 0.3 is 6.03 Å². The molecule has 0 atom stereocenters. The summed E-state index contributed by atoms with van der Waals surface area (Å²) in [5.41, 5.74) is 1.11. The summed E-state index contributed by atoms with van der Waals surface area (Å²) < 4.78 is 3.18. The zero-order valence-electron chi connectivity index (χ0n) is 19.6. The summed E-state index contributed by atoms with van der Waals surface area (Å²) in [6.45, 7) is 2.85. The van der Waals surface area contributed by atoms with Crippen molar-refractivity contribution in [2.75, 3.05) is 50.5 Å². The average molecular weight is 482 g/mol. The molecular formula is C25H31N5O3S. The molecule has 0 bridgehead atoms. The number of rotatable bonds is 6. The van der Waals surface area contributed by atoms with Crippen molar-refractivity contribution in [1.29, 1.82) is 0 Å². The van der Waals surface area contributed by atoms with Crippen LogP contribution in [0.15, 0.2) is 35.2 Å². The highest BCUT2D eigenvalue weighted by Gasteiger charge is 2.74. The molecule has 2 aromatic rings. The quantitative estimate of drug-likeness (QED) is 0.434. The number of carbonyl (C=O) groups is 2. The molecule has 180 valence electrons. The molecule has 1 heterocycles. The second-order valence-electron chi connectivity index (χ2n) is 10.5. The lowest BCUT2D eigenvalue weighted by Gasteiger charge is -2.37. The molecule has 3 amide bonds. The van der Waals surface area contributed by atoms with Crippen LogP contribution >= 0.6 is 11.9 Å². The molecule has 6 rings (SSSR count). The molecule has 3 N–H and O–H groups in total. The number of hydrogen-bond acceptors (Lipinski definition) is 6. The van der Waals surface area contributed by atoms with Crippen LogP contribution in [0.4, 0.5) is 16.2 Å². The van der Waals surface area contributed by atoms with Crippen LogP contribution in [0.3, 0.4) is 0 Å². The van der Waals surface area contributed by atoms with Crippen LogP contribution in [-0.2, 0) is 4.79 Å². The molecule has 0 unspecified atom stereocenters. The van der Waals surface area contributed by atoms with Crippen molar-refractivity contribution in [3.8, 4) is 0 Å². The minimum Gasteiger partial charge on any atom is -0.375 e. The molecule has 1 aliphatic heterocycles. The summed E-state index contributed by atoms with van der Waals surface area (Å²) >= 11 is 1.45. The van der Waals surface area contributed by atoms with Crippen LogP contribution in [0.5, 0.6) is 0 Å². The van der Waals surface area contributed by atoms with E-state index in [1.807, 2.05) is 11.0 Å². The van der Waals surface area contributed by atoms with E-state index in [-0.39, 0.29) is 17.4 Å². The van der Waals surface area contributed by atoms with Crippen molar-refractivity contribution in [2.45, 2.75) is 36.3 Å². The predicted molar refractivity (Wildman–Crippen MR) is 134 cm³/mol. The Kier molecular flexibility index (Phi) is 5.02. The monoisotopic (exact) mass is 481 g/mol. The Labute approximate surface area is 203 Å². The summed E-state index contributed by atoms with van der Waals surface area (Å²) in [6, 6.07) is 10.4. The minimum absolute atomic E-state index is 0.0455. The predicted octanol–water partition coefficient (Wildman–Crippen LogP) is 3.07. The first kappa shape index (κ1) is 22.0. The van der Waals surface area contributed by atoms with Gasteiger partial charge in [0.25, 0.3) is 0 Å². The highest BCUT2D eigenvalue weighted by Crippen LogP contribution is 2.75. The molecule has 4 aliphatic rings. The van der Waals surface area contributed by atoms with Crippen molar-refractivity contribution < 1.29 is 14.7 Å².